The summed E-state index contributed by atoms with van der Waals surface area (Å²) in [5, 5.41) is 5.93. The Hall–Kier alpha value is -4.17. The molecule has 7 rings (SSSR count). The first-order chi connectivity index (χ1) is 17.0. The summed E-state index contributed by atoms with van der Waals surface area (Å²) in [4.78, 5) is 5.28. The zero-order chi connectivity index (χ0) is 23.8. The first kappa shape index (κ1) is 20.2. The van der Waals surface area contributed by atoms with Crippen LogP contribution in [-0.2, 0) is 0 Å². The summed E-state index contributed by atoms with van der Waals surface area (Å²) < 4.78 is 0. The number of allylic oxidation sites excluding steroid dienone is 2. The number of aryl methyl sites for hydroxylation is 4. The van der Waals surface area contributed by atoms with Crippen molar-refractivity contribution in [3.8, 4) is 33.4 Å². The molecule has 3 aliphatic heterocycles. The molecule has 168 valence electrons. The zero-order valence-corrected chi connectivity index (χ0v) is 20.5. The molecule has 0 spiro atoms. The standard InChI is InChI=1S/C33H26N2/c1-18-14-19(2)27-16-26(18)24-10-5-8-22-23-9-6-11-25(33(23)35-32(22)24)30-12-7-13-31(34-30)29-17-28(27)20(3)15-21(29)4/h5-17,34H,1-4H3. The van der Waals surface area contributed by atoms with Gasteiger partial charge in [-0.1, -0.05) is 54.6 Å². The summed E-state index contributed by atoms with van der Waals surface area (Å²) in [7, 11) is 0. The normalized spacial score (nSPS) is 14.2. The Bertz CT molecular complexity index is 1800. The van der Waals surface area contributed by atoms with Crippen LogP contribution in [0.4, 0.5) is 5.69 Å². The van der Waals surface area contributed by atoms with Crippen LogP contribution in [0.15, 0.2) is 83.9 Å². The lowest BCUT2D eigenvalue weighted by molar-refractivity contribution is 1.19. The highest BCUT2D eigenvalue weighted by Gasteiger charge is 2.22. The Morgan fingerprint density at radius 1 is 0.600 bits per heavy atom. The van der Waals surface area contributed by atoms with Crippen LogP contribution in [0, 0.1) is 27.7 Å². The van der Waals surface area contributed by atoms with Gasteiger partial charge in [0.15, 0.2) is 0 Å². The van der Waals surface area contributed by atoms with Crippen molar-refractivity contribution in [3.05, 3.63) is 117 Å². The van der Waals surface area contributed by atoms with Gasteiger partial charge in [0.25, 0.3) is 0 Å². The SMILES string of the molecule is Cc1cc(C)c2cc1C1=CC=CC(=c3cccc4c3=Nc3c(cccc3-4)-c3cc-2c(C)cc3C)N1. The molecule has 0 saturated carbocycles. The Morgan fingerprint density at radius 3 is 1.91 bits per heavy atom. The minimum Gasteiger partial charge on any atom is -0.354 e. The molecule has 1 N–H and O–H groups in total. The summed E-state index contributed by atoms with van der Waals surface area (Å²) in [5.41, 5.74) is 17.1. The van der Waals surface area contributed by atoms with Crippen molar-refractivity contribution in [3.63, 3.8) is 0 Å². The van der Waals surface area contributed by atoms with Crippen molar-refractivity contribution in [2.45, 2.75) is 27.7 Å². The molecule has 0 unspecified atom stereocenters. The molecule has 35 heavy (non-hydrogen) atoms. The summed E-state index contributed by atoms with van der Waals surface area (Å²) in [6.07, 6.45) is 6.48. The molecule has 0 saturated heterocycles. The maximum absolute atomic E-state index is 5.28. The van der Waals surface area contributed by atoms with Crippen molar-refractivity contribution in [2.75, 3.05) is 0 Å². The van der Waals surface area contributed by atoms with E-state index in [0.29, 0.717) is 0 Å². The van der Waals surface area contributed by atoms with Crippen LogP contribution in [0.3, 0.4) is 0 Å². The van der Waals surface area contributed by atoms with Gasteiger partial charge in [0.05, 0.1) is 11.0 Å². The molecule has 4 aromatic carbocycles. The lowest BCUT2D eigenvalue weighted by Gasteiger charge is -2.21. The molecule has 2 heteroatoms. The van der Waals surface area contributed by atoms with E-state index in [1.54, 1.807) is 0 Å². The molecule has 0 atom stereocenters. The van der Waals surface area contributed by atoms with E-state index in [0.717, 1.165) is 27.7 Å². The van der Waals surface area contributed by atoms with Gasteiger partial charge >= 0.3 is 0 Å². The Morgan fingerprint density at radius 2 is 1.17 bits per heavy atom. The van der Waals surface area contributed by atoms with Gasteiger partial charge < -0.3 is 5.32 Å². The summed E-state index contributed by atoms with van der Waals surface area (Å²) in [6, 6.07) is 22.5. The third-order valence-electron chi connectivity index (χ3n) is 7.68. The van der Waals surface area contributed by atoms with Gasteiger partial charge in [-0.3, -0.25) is 0 Å². The summed E-state index contributed by atoms with van der Waals surface area (Å²) in [5.74, 6) is 0. The van der Waals surface area contributed by atoms with Crippen LogP contribution in [0.5, 0.6) is 0 Å². The molecule has 3 aliphatic rings. The van der Waals surface area contributed by atoms with E-state index < -0.39 is 0 Å². The van der Waals surface area contributed by atoms with E-state index in [1.165, 1.54) is 61.2 Å². The third-order valence-corrected chi connectivity index (χ3v) is 7.68. The maximum Gasteiger partial charge on any atom is 0.0809 e. The largest absolute Gasteiger partial charge is 0.354 e. The van der Waals surface area contributed by atoms with E-state index in [2.05, 4.69) is 112 Å². The number of benzene rings is 4. The van der Waals surface area contributed by atoms with E-state index in [-0.39, 0.29) is 0 Å². The molecule has 0 radical (unpaired) electrons. The number of hydrogen-bond donors (Lipinski definition) is 1. The Kier molecular flexibility index (Phi) is 4.14. The van der Waals surface area contributed by atoms with Gasteiger partial charge in [-0.15, -0.1) is 0 Å². The van der Waals surface area contributed by atoms with Gasteiger partial charge in [-0.25, -0.2) is 4.99 Å². The predicted molar refractivity (Wildman–Crippen MR) is 146 cm³/mol. The topological polar surface area (TPSA) is 24.4 Å². The fourth-order valence-electron chi connectivity index (χ4n) is 5.96. The van der Waals surface area contributed by atoms with E-state index in [4.69, 9.17) is 4.99 Å². The minimum atomic E-state index is 1.05. The first-order valence-electron chi connectivity index (χ1n) is 12.2. The molecule has 3 heterocycles. The van der Waals surface area contributed by atoms with E-state index >= 15 is 0 Å². The highest BCUT2D eigenvalue weighted by molar-refractivity contribution is 5.94. The van der Waals surface area contributed by atoms with Crippen molar-refractivity contribution >= 4 is 17.1 Å². The quantitative estimate of drug-likeness (QED) is 0.275. The second-order valence-corrected chi connectivity index (χ2v) is 9.96. The number of rotatable bonds is 0. The molecule has 0 fully saturated rings. The molecule has 8 bridgehead atoms. The highest BCUT2D eigenvalue weighted by Crippen LogP contribution is 2.44. The van der Waals surface area contributed by atoms with E-state index in [1.807, 2.05) is 0 Å². The number of fused-ring (bicyclic) bond motifs is 10. The monoisotopic (exact) mass is 450 g/mol. The minimum absolute atomic E-state index is 1.05. The van der Waals surface area contributed by atoms with Crippen molar-refractivity contribution in [1.82, 2.24) is 5.32 Å². The number of hydrogen-bond acceptors (Lipinski definition) is 2. The van der Waals surface area contributed by atoms with Gasteiger partial charge in [-0.2, -0.15) is 0 Å². The highest BCUT2D eigenvalue weighted by atomic mass is 14.9. The van der Waals surface area contributed by atoms with Crippen LogP contribution in [0.25, 0.3) is 44.8 Å². The number of para-hydroxylation sites is 2. The molecule has 0 aliphatic carbocycles. The molecule has 0 aromatic heterocycles. The number of dihydropyridines is 1. The van der Waals surface area contributed by atoms with Crippen LogP contribution in [0.2, 0.25) is 0 Å². The van der Waals surface area contributed by atoms with Gasteiger partial charge in [-0.05, 0) is 90.9 Å². The molecule has 2 nitrogen and oxygen atoms in total. The second-order valence-electron chi connectivity index (χ2n) is 9.96. The number of nitrogens with zero attached hydrogens (tertiary/aromatic N) is 1. The van der Waals surface area contributed by atoms with Crippen LogP contribution >= 0.6 is 0 Å². The number of nitrogens with one attached hydrogen (secondary N) is 1. The van der Waals surface area contributed by atoms with Crippen molar-refractivity contribution in [2.24, 2.45) is 4.99 Å². The fraction of sp³-hybridized carbons (Fsp3) is 0.121. The molecule has 4 aromatic rings. The molecular formula is C33H26N2. The van der Waals surface area contributed by atoms with E-state index in [9.17, 15) is 0 Å². The van der Waals surface area contributed by atoms with Crippen LogP contribution in [0.1, 0.15) is 27.8 Å². The van der Waals surface area contributed by atoms with Crippen LogP contribution < -0.4 is 15.9 Å². The lowest BCUT2D eigenvalue weighted by atomic mass is 9.87. The third kappa shape index (κ3) is 2.86. The maximum atomic E-state index is 5.28. The summed E-state index contributed by atoms with van der Waals surface area (Å²) >= 11 is 0. The Balaban J connectivity index is 1.68. The molecular weight excluding hydrogens is 424 g/mol. The van der Waals surface area contributed by atoms with Gasteiger partial charge in [0.1, 0.15) is 0 Å². The summed E-state index contributed by atoms with van der Waals surface area (Å²) in [6.45, 7) is 8.87. The predicted octanol–water partition coefficient (Wildman–Crippen LogP) is 6.81. The van der Waals surface area contributed by atoms with Gasteiger partial charge in [0, 0.05) is 38.9 Å². The lowest BCUT2D eigenvalue weighted by Crippen LogP contribution is -2.32. The van der Waals surface area contributed by atoms with Crippen LogP contribution in [-0.4, -0.2) is 0 Å². The fourth-order valence-corrected chi connectivity index (χ4v) is 5.96. The van der Waals surface area contributed by atoms with Crippen molar-refractivity contribution in [1.29, 1.82) is 0 Å². The first-order valence-corrected chi connectivity index (χ1v) is 12.2. The Labute approximate surface area is 205 Å². The van der Waals surface area contributed by atoms with Crippen molar-refractivity contribution < 1.29 is 0 Å². The van der Waals surface area contributed by atoms with Gasteiger partial charge in [0.2, 0.25) is 0 Å². The smallest absolute Gasteiger partial charge is 0.0809 e. The zero-order valence-electron chi connectivity index (χ0n) is 20.5. The second kappa shape index (κ2) is 7.16. The molecule has 0 amide bonds. The average Bonchev–Trinajstić information content (AvgIpc) is 3.24. The average molecular weight is 451 g/mol.